The number of carbonyl (C=O) groups excluding carboxylic acids is 2. The lowest BCUT2D eigenvalue weighted by Gasteiger charge is -2.26. The number of hydrogen-bond acceptors (Lipinski definition) is 6. The maximum absolute atomic E-state index is 14.6. The Kier molecular flexibility index (Phi) is 6.31. The molecule has 200 valence electrons. The number of aryl methyl sites for hydroxylation is 2. The van der Waals surface area contributed by atoms with Gasteiger partial charge in [-0.2, -0.15) is 5.10 Å². The van der Waals surface area contributed by atoms with Crippen LogP contribution in [0.15, 0.2) is 67.0 Å². The smallest absolute Gasteiger partial charge is 0.262 e. The standard InChI is InChI=1S/C30H23ClFN5O3/c1-16-11-23(28-33-15-34-36(28)3)19-9-6-10-26(27(19)35-16)40-14-24-22(12-18(32)13-25(24)31)17(2)37-29(38)20-7-4-5-8-21(20)30(37)39/h4-13,15,17H,14H2,1-3H3. The van der Waals surface area contributed by atoms with Gasteiger partial charge in [-0.05, 0) is 55.8 Å². The number of rotatable bonds is 6. The van der Waals surface area contributed by atoms with Gasteiger partial charge in [0.25, 0.3) is 11.8 Å². The highest BCUT2D eigenvalue weighted by molar-refractivity contribution is 6.31. The van der Waals surface area contributed by atoms with Crippen LogP contribution in [0.5, 0.6) is 5.75 Å². The predicted octanol–water partition coefficient (Wildman–Crippen LogP) is 6.07. The zero-order chi connectivity index (χ0) is 28.1. The molecule has 6 rings (SSSR count). The van der Waals surface area contributed by atoms with E-state index in [2.05, 4.69) is 10.1 Å². The van der Waals surface area contributed by atoms with Crippen molar-refractivity contribution in [3.63, 3.8) is 0 Å². The topological polar surface area (TPSA) is 90.2 Å². The Balaban J connectivity index is 1.37. The number of pyridine rings is 1. The number of carbonyl (C=O) groups is 2. The molecular weight excluding hydrogens is 533 g/mol. The Labute approximate surface area is 234 Å². The van der Waals surface area contributed by atoms with Crippen LogP contribution in [-0.2, 0) is 13.7 Å². The summed E-state index contributed by atoms with van der Waals surface area (Å²) in [5, 5.41) is 5.13. The molecule has 0 saturated carbocycles. The van der Waals surface area contributed by atoms with Crippen molar-refractivity contribution in [2.24, 2.45) is 7.05 Å². The van der Waals surface area contributed by atoms with Gasteiger partial charge in [0.15, 0.2) is 5.82 Å². The highest BCUT2D eigenvalue weighted by Gasteiger charge is 2.39. The molecule has 2 aromatic heterocycles. The largest absolute Gasteiger partial charge is 0.487 e. The van der Waals surface area contributed by atoms with Crippen LogP contribution in [0.2, 0.25) is 5.02 Å². The first-order valence-corrected chi connectivity index (χ1v) is 12.9. The molecule has 2 amide bonds. The quantitative estimate of drug-likeness (QED) is 0.236. The Hall–Kier alpha value is -4.63. The monoisotopic (exact) mass is 555 g/mol. The van der Waals surface area contributed by atoms with Gasteiger partial charge in [0.05, 0.1) is 22.2 Å². The fraction of sp³-hybridized carbons (Fsp3) is 0.167. The molecule has 1 aliphatic heterocycles. The number of para-hydroxylation sites is 1. The summed E-state index contributed by atoms with van der Waals surface area (Å²) >= 11 is 6.53. The van der Waals surface area contributed by atoms with Gasteiger partial charge in [-0.25, -0.2) is 19.0 Å². The lowest BCUT2D eigenvalue weighted by molar-refractivity contribution is 0.0593. The average molecular weight is 556 g/mol. The number of ether oxygens (including phenoxy) is 1. The van der Waals surface area contributed by atoms with Crippen molar-refractivity contribution in [2.45, 2.75) is 26.5 Å². The first-order chi connectivity index (χ1) is 19.2. The van der Waals surface area contributed by atoms with E-state index in [0.29, 0.717) is 39.3 Å². The second-order valence-electron chi connectivity index (χ2n) is 9.62. The summed E-state index contributed by atoms with van der Waals surface area (Å²) in [7, 11) is 1.82. The molecule has 40 heavy (non-hydrogen) atoms. The number of halogens is 2. The lowest BCUT2D eigenvalue weighted by Crippen LogP contribution is -2.33. The van der Waals surface area contributed by atoms with Crippen molar-refractivity contribution in [3.8, 4) is 17.1 Å². The maximum Gasteiger partial charge on any atom is 0.262 e. The molecule has 3 heterocycles. The van der Waals surface area contributed by atoms with Crippen LogP contribution in [-0.4, -0.2) is 36.5 Å². The fourth-order valence-corrected chi connectivity index (χ4v) is 5.46. The van der Waals surface area contributed by atoms with Gasteiger partial charge >= 0.3 is 0 Å². The van der Waals surface area contributed by atoms with Crippen molar-refractivity contribution in [1.29, 1.82) is 0 Å². The summed E-state index contributed by atoms with van der Waals surface area (Å²) in [6.45, 7) is 3.51. The molecule has 0 fully saturated rings. The number of imide groups is 1. The van der Waals surface area contributed by atoms with E-state index in [1.54, 1.807) is 41.9 Å². The molecule has 1 unspecified atom stereocenters. The first-order valence-electron chi connectivity index (χ1n) is 12.6. The number of nitrogens with zero attached hydrogens (tertiary/aromatic N) is 5. The van der Waals surface area contributed by atoms with E-state index < -0.39 is 23.7 Å². The Morgan fingerprint density at radius 3 is 2.40 bits per heavy atom. The molecule has 3 aromatic carbocycles. The van der Waals surface area contributed by atoms with Crippen molar-refractivity contribution in [3.05, 3.63) is 106 Å². The van der Waals surface area contributed by atoms with Crippen molar-refractivity contribution < 1.29 is 18.7 Å². The fourth-order valence-electron chi connectivity index (χ4n) is 5.19. The Morgan fingerprint density at radius 1 is 1.00 bits per heavy atom. The molecular formula is C30H23ClFN5O3. The van der Waals surface area contributed by atoms with Crippen molar-refractivity contribution in [1.82, 2.24) is 24.6 Å². The van der Waals surface area contributed by atoms with E-state index in [1.807, 2.05) is 32.2 Å². The number of aromatic nitrogens is 4. The molecule has 0 radical (unpaired) electrons. The normalized spacial score (nSPS) is 13.7. The summed E-state index contributed by atoms with van der Waals surface area (Å²) in [4.78, 5) is 36.5. The molecule has 1 atom stereocenters. The molecule has 0 spiro atoms. The molecule has 0 aliphatic carbocycles. The highest BCUT2D eigenvalue weighted by atomic mass is 35.5. The van der Waals surface area contributed by atoms with E-state index in [4.69, 9.17) is 21.3 Å². The Bertz CT molecular complexity index is 1800. The van der Waals surface area contributed by atoms with Gasteiger partial charge in [0.2, 0.25) is 0 Å². The SMILES string of the molecule is Cc1cc(-c2ncnn2C)c2cccc(OCc3c(Cl)cc(F)cc3C(C)N3C(=O)c4ccccc4C3=O)c2n1. The summed E-state index contributed by atoms with van der Waals surface area (Å²) < 4.78 is 22.5. The molecule has 1 aliphatic rings. The third kappa shape index (κ3) is 4.19. The van der Waals surface area contributed by atoms with Crippen LogP contribution >= 0.6 is 11.6 Å². The van der Waals surface area contributed by atoms with Gasteiger partial charge in [-0.15, -0.1) is 0 Å². The number of amides is 2. The summed E-state index contributed by atoms with van der Waals surface area (Å²) in [6.07, 6.45) is 1.49. The second-order valence-corrected chi connectivity index (χ2v) is 10.0. The minimum atomic E-state index is -0.797. The summed E-state index contributed by atoms with van der Waals surface area (Å²) in [5.41, 5.74) is 3.71. The van der Waals surface area contributed by atoms with Crippen molar-refractivity contribution >= 4 is 34.3 Å². The van der Waals surface area contributed by atoms with Crippen LogP contribution in [0.25, 0.3) is 22.3 Å². The zero-order valence-corrected chi connectivity index (χ0v) is 22.6. The number of fused-ring (bicyclic) bond motifs is 2. The average Bonchev–Trinajstić information content (AvgIpc) is 3.47. The molecule has 5 aromatic rings. The first kappa shape index (κ1) is 25.6. The van der Waals surface area contributed by atoms with E-state index in [0.717, 1.165) is 21.5 Å². The molecule has 10 heteroatoms. The molecule has 0 saturated heterocycles. The Morgan fingerprint density at radius 2 is 1.73 bits per heavy atom. The third-order valence-electron chi connectivity index (χ3n) is 7.11. The number of benzene rings is 3. The van der Waals surface area contributed by atoms with E-state index in [1.165, 1.54) is 18.5 Å². The molecule has 0 N–H and O–H groups in total. The van der Waals surface area contributed by atoms with E-state index in [9.17, 15) is 14.0 Å². The van der Waals surface area contributed by atoms with Crippen LogP contribution in [0, 0.1) is 12.7 Å². The van der Waals surface area contributed by atoms with Gasteiger partial charge in [-0.3, -0.25) is 14.5 Å². The van der Waals surface area contributed by atoms with Crippen LogP contribution in [0.1, 0.15) is 50.5 Å². The van der Waals surface area contributed by atoms with Gasteiger partial charge in [0, 0.05) is 29.3 Å². The van der Waals surface area contributed by atoms with E-state index in [-0.39, 0.29) is 11.6 Å². The minimum Gasteiger partial charge on any atom is -0.487 e. The third-order valence-corrected chi connectivity index (χ3v) is 7.45. The summed E-state index contributed by atoms with van der Waals surface area (Å²) in [5.74, 6) is -0.283. The van der Waals surface area contributed by atoms with Gasteiger partial charge in [0.1, 0.15) is 30.0 Å². The van der Waals surface area contributed by atoms with Crippen LogP contribution < -0.4 is 4.74 Å². The van der Waals surface area contributed by atoms with Gasteiger partial charge < -0.3 is 4.74 Å². The predicted molar refractivity (Wildman–Crippen MR) is 148 cm³/mol. The van der Waals surface area contributed by atoms with Crippen LogP contribution in [0.4, 0.5) is 4.39 Å². The maximum atomic E-state index is 14.6. The molecule has 8 nitrogen and oxygen atoms in total. The minimum absolute atomic E-state index is 0.0456. The number of hydrogen-bond donors (Lipinski definition) is 0. The second kappa shape index (κ2) is 9.84. The van der Waals surface area contributed by atoms with Crippen molar-refractivity contribution in [2.75, 3.05) is 0 Å². The molecule has 0 bridgehead atoms. The lowest BCUT2D eigenvalue weighted by atomic mass is 10.00. The van der Waals surface area contributed by atoms with E-state index >= 15 is 0 Å². The van der Waals surface area contributed by atoms with Crippen LogP contribution in [0.3, 0.4) is 0 Å². The summed E-state index contributed by atoms with van der Waals surface area (Å²) in [6, 6.07) is 15.8. The van der Waals surface area contributed by atoms with Gasteiger partial charge in [-0.1, -0.05) is 35.9 Å². The highest BCUT2D eigenvalue weighted by Crippen LogP contribution is 2.37. The zero-order valence-electron chi connectivity index (χ0n) is 21.9.